The molecule has 2 rings (SSSR count). The maximum Gasteiger partial charge on any atom is 0.224 e. The van der Waals surface area contributed by atoms with Crippen molar-refractivity contribution in [2.24, 2.45) is 5.73 Å². The Bertz CT molecular complexity index is 439. The molecule has 0 fully saturated rings. The maximum atomic E-state index is 11.6. The van der Waals surface area contributed by atoms with E-state index in [9.17, 15) is 4.79 Å². The van der Waals surface area contributed by atoms with Crippen LogP contribution in [0.4, 0.5) is 5.69 Å². The third-order valence-corrected chi connectivity index (χ3v) is 3.52. The number of hydrogen-bond acceptors (Lipinski definition) is 2. The van der Waals surface area contributed by atoms with E-state index in [4.69, 9.17) is 5.73 Å². The molecule has 2 atom stereocenters. The van der Waals surface area contributed by atoms with E-state index in [1.54, 1.807) is 6.92 Å². The summed E-state index contributed by atoms with van der Waals surface area (Å²) < 4.78 is 1.000. The second kappa shape index (κ2) is 5.38. The van der Waals surface area contributed by atoms with E-state index in [0.717, 1.165) is 22.1 Å². The molecule has 0 aromatic heterocycles. The standard InChI is InChI=1S/C12H15BrN2O.ClH/c1-7-5-11(14)10-6-9(13)3-4-12(10)15(7)8(2)16;/h3-4,6-7,11H,5,14H2,1-2H3;1H/t7-,11+;/m0./s1. The summed E-state index contributed by atoms with van der Waals surface area (Å²) in [4.78, 5) is 13.5. The van der Waals surface area contributed by atoms with Crippen molar-refractivity contribution in [2.75, 3.05) is 4.90 Å². The lowest BCUT2D eigenvalue weighted by atomic mass is 9.92. The van der Waals surface area contributed by atoms with Gasteiger partial charge in [0.25, 0.3) is 0 Å². The van der Waals surface area contributed by atoms with Crippen LogP contribution in [0.5, 0.6) is 0 Å². The zero-order valence-corrected chi connectivity index (χ0v) is 12.2. The van der Waals surface area contributed by atoms with E-state index < -0.39 is 0 Å². The van der Waals surface area contributed by atoms with E-state index in [-0.39, 0.29) is 30.4 Å². The van der Waals surface area contributed by atoms with Gasteiger partial charge in [0, 0.05) is 29.2 Å². The van der Waals surface area contributed by atoms with Crippen molar-refractivity contribution in [1.29, 1.82) is 0 Å². The minimum Gasteiger partial charge on any atom is -0.324 e. The summed E-state index contributed by atoms with van der Waals surface area (Å²) in [5, 5.41) is 0. The van der Waals surface area contributed by atoms with E-state index in [0.29, 0.717) is 0 Å². The van der Waals surface area contributed by atoms with Gasteiger partial charge in [0.05, 0.1) is 0 Å². The predicted molar refractivity (Wildman–Crippen MR) is 75.6 cm³/mol. The van der Waals surface area contributed by atoms with Gasteiger partial charge in [0.1, 0.15) is 0 Å². The van der Waals surface area contributed by atoms with Crippen LogP contribution in [-0.2, 0) is 4.79 Å². The molecular weight excluding hydrogens is 304 g/mol. The van der Waals surface area contributed by atoms with Crippen LogP contribution < -0.4 is 10.6 Å². The van der Waals surface area contributed by atoms with Gasteiger partial charge >= 0.3 is 0 Å². The highest BCUT2D eigenvalue weighted by molar-refractivity contribution is 9.10. The zero-order chi connectivity index (χ0) is 11.9. The fraction of sp³-hybridized carbons (Fsp3) is 0.417. The Hall–Kier alpha value is -0.580. The molecule has 0 unspecified atom stereocenters. The lowest BCUT2D eigenvalue weighted by Crippen LogP contribution is -2.43. The van der Waals surface area contributed by atoms with Gasteiger partial charge in [-0.15, -0.1) is 12.4 Å². The zero-order valence-electron chi connectivity index (χ0n) is 9.81. The Morgan fingerprint density at radius 2 is 2.18 bits per heavy atom. The molecule has 1 aromatic carbocycles. The molecule has 1 aliphatic heterocycles. The summed E-state index contributed by atoms with van der Waals surface area (Å²) in [6.07, 6.45) is 0.809. The van der Waals surface area contributed by atoms with E-state index in [1.165, 1.54) is 0 Å². The molecule has 0 bridgehead atoms. The molecule has 5 heteroatoms. The Kier molecular flexibility index (Phi) is 4.58. The monoisotopic (exact) mass is 318 g/mol. The Labute approximate surface area is 116 Å². The highest BCUT2D eigenvalue weighted by Gasteiger charge is 2.30. The number of anilines is 1. The lowest BCUT2D eigenvalue weighted by molar-refractivity contribution is -0.117. The Morgan fingerprint density at radius 3 is 2.76 bits per heavy atom. The fourth-order valence-corrected chi connectivity index (χ4v) is 2.74. The van der Waals surface area contributed by atoms with Crippen molar-refractivity contribution in [3.8, 4) is 0 Å². The van der Waals surface area contributed by atoms with Crippen LogP contribution in [0.2, 0.25) is 0 Å². The second-order valence-corrected chi connectivity index (χ2v) is 5.20. The van der Waals surface area contributed by atoms with Gasteiger partial charge in [0.2, 0.25) is 5.91 Å². The molecule has 1 aromatic rings. The molecule has 0 saturated heterocycles. The highest BCUT2D eigenvalue weighted by atomic mass is 79.9. The van der Waals surface area contributed by atoms with Crippen LogP contribution in [0.15, 0.2) is 22.7 Å². The molecule has 94 valence electrons. The number of nitrogens with two attached hydrogens (primary N) is 1. The number of halogens is 2. The van der Waals surface area contributed by atoms with Crippen molar-refractivity contribution < 1.29 is 4.79 Å². The van der Waals surface area contributed by atoms with Crippen LogP contribution in [0.25, 0.3) is 0 Å². The SMILES string of the molecule is CC(=O)N1c2ccc(Br)cc2[C@H](N)C[C@@H]1C.Cl. The number of nitrogens with zero attached hydrogens (tertiary/aromatic N) is 1. The van der Waals surface area contributed by atoms with E-state index >= 15 is 0 Å². The first kappa shape index (κ1) is 14.5. The number of rotatable bonds is 0. The summed E-state index contributed by atoms with van der Waals surface area (Å²) in [5.74, 6) is 0.0722. The minimum atomic E-state index is 0. The van der Waals surface area contributed by atoms with Gasteiger partial charge in [-0.25, -0.2) is 0 Å². The summed E-state index contributed by atoms with van der Waals surface area (Å²) in [6, 6.07) is 6.08. The Morgan fingerprint density at radius 1 is 1.53 bits per heavy atom. The van der Waals surface area contributed by atoms with Gasteiger partial charge in [-0.2, -0.15) is 0 Å². The first-order valence-electron chi connectivity index (χ1n) is 5.35. The average Bonchev–Trinajstić information content (AvgIpc) is 2.18. The molecule has 0 radical (unpaired) electrons. The number of fused-ring (bicyclic) bond motifs is 1. The van der Waals surface area contributed by atoms with Crippen molar-refractivity contribution in [3.05, 3.63) is 28.2 Å². The highest BCUT2D eigenvalue weighted by Crippen LogP contribution is 2.37. The van der Waals surface area contributed by atoms with Crippen LogP contribution in [0, 0.1) is 0 Å². The van der Waals surface area contributed by atoms with E-state index in [1.807, 2.05) is 30.0 Å². The van der Waals surface area contributed by atoms with E-state index in [2.05, 4.69) is 15.9 Å². The molecule has 1 aliphatic rings. The first-order valence-corrected chi connectivity index (χ1v) is 6.15. The fourth-order valence-electron chi connectivity index (χ4n) is 2.36. The molecule has 0 saturated carbocycles. The number of hydrogen-bond donors (Lipinski definition) is 1. The summed E-state index contributed by atoms with van der Waals surface area (Å²) in [5.41, 5.74) is 8.10. The summed E-state index contributed by atoms with van der Waals surface area (Å²) in [6.45, 7) is 3.63. The normalized spacial score (nSPS) is 22.7. The van der Waals surface area contributed by atoms with Crippen LogP contribution in [0.1, 0.15) is 31.9 Å². The summed E-state index contributed by atoms with van der Waals surface area (Å²) in [7, 11) is 0. The number of benzene rings is 1. The third kappa shape index (κ3) is 2.64. The molecule has 1 amide bonds. The van der Waals surface area contributed by atoms with Crippen molar-refractivity contribution >= 4 is 39.9 Å². The van der Waals surface area contributed by atoms with Crippen molar-refractivity contribution in [3.63, 3.8) is 0 Å². The summed E-state index contributed by atoms with van der Waals surface area (Å²) >= 11 is 3.43. The van der Waals surface area contributed by atoms with Gasteiger partial charge in [-0.05, 0) is 37.1 Å². The first-order chi connectivity index (χ1) is 7.50. The van der Waals surface area contributed by atoms with Gasteiger partial charge < -0.3 is 10.6 Å². The van der Waals surface area contributed by atoms with Gasteiger partial charge in [-0.3, -0.25) is 4.79 Å². The third-order valence-electron chi connectivity index (χ3n) is 3.02. The predicted octanol–water partition coefficient (Wildman–Crippen LogP) is 3.02. The number of carbonyl (C=O) groups excluding carboxylic acids is 1. The topological polar surface area (TPSA) is 46.3 Å². The molecule has 0 spiro atoms. The smallest absolute Gasteiger partial charge is 0.224 e. The van der Waals surface area contributed by atoms with Crippen LogP contribution in [0.3, 0.4) is 0 Å². The molecule has 0 aliphatic carbocycles. The van der Waals surface area contributed by atoms with Crippen LogP contribution in [-0.4, -0.2) is 11.9 Å². The number of amides is 1. The second-order valence-electron chi connectivity index (χ2n) is 4.28. The van der Waals surface area contributed by atoms with Gasteiger partial charge in [0.15, 0.2) is 0 Å². The minimum absolute atomic E-state index is 0. The lowest BCUT2D eigenvalue weighted by Gasteiger charge is -2.37. The molecule has 17 heavy (non-hydrogen) atoms. The van der Waals surface area contributed by atoms with Gasteiger partial charge in [-0.1, -0.05) is 15.9 Å². The molecule has 1 heterocycles. The average molecular weight is 320 g/mol. The molecule has 3 nitrogen and oxygen atoms in total. The quantitative estimate of drug-likeness (QED) is 0.799. The molecular formula is C12H16BrClN2O. The van der Waals surface area contributed by atoms with Crippen molar-refractivity contribution in [1.82, 2.24) is 0 Å². The largest absolute Gasteiger partial charge is 0.324 e. The number of carbonyl (C=O) groups is 1. The molecule has 2 N–H and O–H groups in total. The van der Waals surface area contributed by atoms with Crippen molar-refractivity contribution in [2.45, 2.75) is 32.4 Å². The Balaban J connectivity index is 0.00000144. The maximum absolute atomic E-state index is 11.6. The van der Waals surface area contributed by atoms with Crippen LogP contribution >= 0.6 is 28.3 Å².